The van der Waals surface area contributed by atoms with E-state index in [1.165, 1.54) is 12.8 Å². The lowest BCUT2D eigenvalue weighted by atomic mass is 10.1. The summed E-state index contributed by atoms with van der Waals surface area (Å²) < 4.78 is 5.18. The maximum atomic E-state index is 12.3. The molecule has 20 heavy (non-hydrogen) atoms. The minimum atomic E-state index is -0.110. The van der Waals surface area contributed by atoms with Gasteiger partial charge in [0, 0.05) is 32.3 Å². The predicted octanol–water partition coefficient (Wildman–Crippen LogP) is 0.990. The third-order valence-electron chi connectivity index (χ3n) is 4.13. The molecule has 1 heterocycles. The van der Waals surface area contributed by atoms with Gasteiger partial charge in [-0.15, -0.1) is 0 Å². The van der Waals surface area contributed by atoms with Gasteiger partial charge in [0.05, 0.1) is 12.6 Å². The molecule has 5 nitrogen and oxygen atoms in total. The van der Waals surface area contributed by atoms with E-state index in [0.717, 1.165) is 26.1 Å². The van der Waals surface area contributed by atoms with Crippen molar-refractivity contribution in [2.45, 2.75) is 58.2 Å². The Morgan fingerprint density at radius 3 is 2.80 bits per heavy atom. The van der Waals surface area contributed by atoms with Crippen LogP contribution < -0.4 is 10.6 Å². The standard InChI is InChI=1S/C15H31N3O2/c1-5-12(2)17-15(19)13(3)18(9-10-20-4)11-14-7-6-8-16-14/h12-14,16H,5-11H2,1-4H3,(H,17,19). The molecule has 1 aliphatic heterocycles. The summed E-state index contributed by atoms with van der Waals surface area (Å²) >= 11 is 0. The maximum absolute atomic E-state index is 12.3. The molecular weight excluding hydrogens is 254 g/mol. The second-order valence-corrected chi connectivity index (χ2v) is 5.77. The molecule has 3 unspecified atom stereocenters. The Kier molecular flexibility index (Phi) is 8.11. The lowest BCUT2D eigenvalue weighted by molar-refractivity contribution is -0.126. The molecule has 0 aromatic heterocycles. The number of amides is 1. The lowest BCUT2D eigenvalue weighted by Gasteiger charge is -2.31. The summed E-state index contributed by atoms with van der Waals surface area (Å²) in [6, 6.07) is 0.631. The van der Waals surface area contributed by atoms with Crippen molar-refractivity contribution in [3.05, 3.63) is 0 Å². The summed E-state index contributed by atoms with van der Waals surface area (Å²) in [6.45, 7) is 9.58. The number of methoxy groups -OCH3 is 1. The third kappa shape index (κ3) is 5.77. The van der Waals surface area contributed by atoms with Crippen LogP contribution in [0.5, 0.6) is 0 Å². The SMILES string of the molecule is CCC(C)NC(=O)C(C)N(CCOC)CC1CCCN1. The number of hydrogen-bond acceptors (Lipinski definition) is 4. The van der Waals surface area contributed by atoms with Crippen LogP contribution in [-0.4, -0.2) is 62.3 Å². The minimum absolute atomic E-state index is 0.110. The highest BCUT2D eigenvalue weighted by molar-refractivity contribution is 5.81. The van der Waals surface area contributed by atoms with E-state index in [9.17, 15) is 4.79 Å². The molecule has 0 radical (unpaired) electrons. The van der Waals surface area contributed by atoms with Crippen LogP contribution >= 0.6 is 0 Å². The van der Waals surface area contributed by atoms with Crippen molar-refractivity contribution >= 4 is 5.91 Å². The zero-order valence-electron chi connectivity index (χ0n) is 13.4. The van der Waals surface area contributed by atoms with Gasteiger partial charge in [0.1, 0.15) is 0 Å². The summed E-state index contributed by atoms with van der Waals surface area (Å²) in [5.41, 5.74) is 0. The fourth-order valence-corrected chi connectivity index (χ4v) is 2.48. The van der Waals surface area contributed by atoms with Crippen molar-refractivity contribution in [2.75, 3.05) is 33.4 Å². The van der Waals surface area contributed by atoms with Crippen LogP contribution in [0.3, 0.4) is 0 Å². The normalized spacial score (nSPS) is 21.9. The van der Waals surface area contributed by atoms with Crippen LogP contribution in [0, 0.1) is 0 Å². The number of ether oxygens (including phenoxy) is 1. The molecule has 1 amide bonds. The van der Waals surface area contributed by atoms with Gasteiger partial charge in [-0.2, -0.15) is 0 Å². The van der Waals surface area contributed by atoms with Gasteiger partial charge in [0.15, 0.2) is 0 Å². The Labute approximate surface area is 123 Å². The Hall–Kier alpha value is -0.650. The number of nitrogens with one attached hydrogen (secondary N) is 2. The Morgan fingerprint density at radius 2 is 2.25 bits per heavy atom. The zero-order chi connectivity index (χ0) is 15.0. The zero-order valence-corrected chi connectivity index (χ0v) is 13.4. The monoisotopic (exact) mass is 285 g/mol. The number of carbonyl (C=O) groups excluding carboxylic acids is 1. The summed E-state index contributed by atoms with van der Waals surface area (Å²) in [7, 11) is 1.70. The smallest absolute Gasteiger partial charge is 0.237 e. The first-order valence-corrected chi connectivity index (χ1v) is 7.85. The van der Waals surface area contributed by atoms with E-state index in [0.29, 0.717) is 12.6 Å². The average Bonchev–Trinajstić information content (AvgIpc) is 2.95. The van der Waals surface area contributed by atoms with Crippen molar-refractivity contribution in [2.24, 2.45) is 0 Å². The van der Waals surface area contributed by atoms with Gasteiger partial charge in [-0.3, -0.25) is 9.69 Å². The average molecular weight is 285 g/mol. The first kappa shape index (κ1) is 17.4. The third-order valence-corrected chi connectivity index (χ3v) is 4.13. The van der Waals surface area contributed by atoms with Crippen LogP contribution in [-0.2, 0) is 9.53 Å². The highest BCUT2D eigenvalue weighted by Gasteiger charge is 2.25. The molecule has 118 valence electrons. The van der Waals surface area contributed by atoms with Gasteiger partial charge >= 0.3 is 0 Å². The molecule has 3 atom stereocenters. The van der Waals surface area contributed by atoms with Crippen LogP contribution in [0.2, 0.25) is 0 Å². The van der Waals surface area contributed by atoms with E-state index in [1.54, 1.807) is 7.11 Å². The predicted molar refractivity (Wildman–Crippen MR) is 81.8 cm³/mol. The van der Waals surface area contributed by atoms with Gasteiger partial charge in [-0.05, 0) is 39.7 Å². The summed E-state index contributed by atoms with van der Waals surface area (Å²) in [5, 5.41) is 6.56. The molecule has 1 saturated heterocycles. The lowest BCUT2D eigenvalue weighted by Crippen LogP contribution is -2.51. The number of rotatable bonds is 9. The Bertz CT molecular complexity index is 280. The first-order valence-electron chi connectivity index (χ1n) is 7.85. The van der Waals surface area contributed by atoms with Gasteiger partial charge < -0.3 is 15.4 Å². The number of hydrogen-bond donors (Lipinski definition) is 2. The second-order valence-electron chi connectivity index (χ2n) is 5.77. The second kappa shape index (κ2) is 9.32. The molecule has 1 fully saturated rings. The van der Waals surface area contributed by atoms with Crippen LogP contribution in [0.25, 0.3) is 0 Å². The molecule has 5 heteroatoms. The fraction of sp³-hybridized carbons (Fsp3) is 0.933. The van der Waals surface area contributed by atoms with E-state index in [2.05, 4.69) is 22.5 Å². The summed E-state index contributed by atoms with van der Waals surface area (Å²) in [4.78, 5) is 14.5. The van der Waals surface area contributed by atoms with Gasteiger partial charge in [-0.25, -0.2) is 0 Å². The van der Waals surface area contributed by atoms with Crippen molar-refractivity contribution in [3.8, 4) is 0 Å². The van der Waals surface area contributed by atoms with E-state index < -0.39 is 0 Å². The molecule has 0 aliphatic carbocycles. The molecule has 2 N–H and O–H groups in total. The molecule has 0 saturated carbocycles. The van der Waals surface area contributed by atoms with E-state index in [1.807, 2.05) is 13.8 Å². The fourth-order valence-electron chi connectivity index (χ4n) is 2.48. The van der Waals surface area contributed by atoms with Crippen molar-refractivity contribution < 1.29 is 9.53 Å². The van der Waals surface area contributed by atoms with Crippen LogP contribution in [0.1, 0.15) is 40.0 Å². The quantitative estimate of drug-likeness (QED) is 0.663. The Balaban J connectivity index is 2.52. The molecule has 0 spiro atoms. The maximum Gasteiger partial charge on any atom is 0.237 e. The topological polar surface area (TPSA) is 53.6 Å². The largest absolute Gasteiger partial charge is 0.383 e. The highest BCUT2D eigenvalue weighted by atomic mass is 16.5. The van der Waals surface area contributed by atoms with Crippen LogP contribution in [0.4, 0.5) is 0 Å². The van der Waals surface area contributed by atoms with Gasteiger partial charge in [0.25, 0.3) is 0 Å². The van der Waals surface area contributed by atoms with E-state index in [4.69, 9.17) is 4.74 Å². The molecule has 0 bridgehead atoms. The number of nitrogens with zero attached hydrogens (tertiary/aromatic N) is 1. The van der Waals surface area contributed by atoms with Crippen molar-refractivity contribution in [1.82, 2.24) is 15.5 Å². The minimum Gasteiger partial charge on any atom is -0.383 e. The summed E-state index contributed by atoms with van der Waals surface area (Å²) in [5.74, 6) is 0.119. The molecule has 0 aromatic carbocycles. The van der Waals surface area contributed by atoms with Gasteiger partial charge in [0.2, 0.25) is 5.91 Å². The van der Waals surface area contributed by atoms with E-state index >= 15 is 0 Å². The molecule has 0 aromatic rings. The molecular formula is C15H31N3O2. The van der Waals surface area contributed by atoms with Crippen LogP contribution in [0.15, 0.2) is 0 Å². The van der Waals surface area contributed by atoms with Crippen molar-refractivity contribution in [1.29, 1.82) is 0 Å². The molecule has 1 rings (SSSR count). The van der Waals surface area contributed by atoms with Gasteiger partial charge in [-0.1, -0.05) is 6.92 Å². The number of carbonyl (C=O) groups is 1. The molecule has 1 aliphatic rings. The highest BCUT2D eigenvalue weighted by Crippen LogP contribution is 2.10. The summed E-state index contributed by atoms with van der Waals surface area (Å²) in [6.07, 6.45) is 3.39. The Morgan fingerprint density at radius 1 is 1.50 bits per heavy atom. The van der Waals surface area contributed by atoms with Crippen molar-refractivity contribution in [3.63, 3.8) is 0 Å². The van der Waals surface area contributed by atoms with E-state index in [-0.39, 0.29) is 18.0 Å². The first-order chi connectivity index (χ1) is 9.58.